The number of carbonyl (C=O) groups is 1. The van der Waals surface area contributed by atoms with E-state index in [-0.39, 0.29) is 17.1 Å². The number of nitrogens with zero attached hydrogens (tertiary/aromatic N) is 2. The Kier molecular flexibility index (Phi) is 5.02. The number of amides is 1. The highest BCUT2D eigenvalue weighted by atomic mass is 19.1. The summed E-state index contributed by atoms with van der Waals surface area (Å²) in [4.78, 5) is 18.9. The van der Waals surface area contributed by atoms with Crippen molar-refractivity contribution in [1.29, 1.82) is 0 Å². The molecule has 0 unspecified atom stereocenters. The number of rotatable bonds is 7. The van der Waals surface area contributed by atoms with Crippen LogP contribution in [0.2, 0.25) is 0 Å². The number of hydrogen-bond acceptors (Lipinski definition) is 3. The van der Waals surface area contributed by atoms with Crippen molar-refractivity contribution in [3.05, 3.63) is 59.5 Å². The lowest BCUT2D eigenvalue weighted by atomic mass is 9.96. The maximum absolute atomic E-state index is 13.1. The van der Waals surface area contributed by atoms with Gasteiger partial charge in [-0.25, -0.2) is 9.37 Å². The number of carbonyl (C=O) groups excluding carboxylic acids is 1. The summed E-state index contributed by atoms with van der Waals surface area (Å²) in [5, 5.41) is 3.01. The van der Waals surface area contributed by atoms with Gasteiger partial charge >= 0.3 is 0 Å². The van der Waals surface area contributed by atoms with Crippen molar-refractivity contribution < 1.29 is 9.18 Å². The Morgan fingerprint density at radius 2 is 1.84 bits per heavy atom. The summed E-state index contributed by atoms with van der Waals surface area (Å²) in [5.74, 6) is 0.529. The van der Waals surface area contributed by atoms with Crippen LogP contribution in [0.4, 0.5) is 10.2 Å². The lowest BCUT2D eigenvalue weighted by Gasteiger charge is -2.20. The molecule has 2 aromatic rings. The second kappa shape index (κ2) is 7.21. The molecule has 3 rings (SSSR count). The largest absolute Gasteiger partial charge is 0.357 e. The zero-order chi connectivity index (χ0) is 17.9. The molecule has 0 aliphatic heterocycles. The van der Waals surface area contributed by atoms with E-state index < -0.39 is 0 Å². The Morgan fingerprint density at radius 1 is 1.16 bits per heavy atom. The minimum atomic E-state index is -0.233. The number of aromatic nitrogens is 1. The summed E-state index contributed by atoms with van der Waals surface area (Å²) in [6, 6.07) is 10.3. The van der Waals surface area contributed by atoms with Crippen molar-refractivity contribution in [3.63, 3.8) is 0 Å². The van der Waals surface area contributed by atoms with Gasteiger partial charge in [0.1, 0.15) is 11.6 Å². The zero-order valence-corrected chi connectivity index (χ0v) is 14.8. The molecule has 0 radical (unpaired) electrons. The van der Waals surface area contributed by atoms with Gasteiger partial charge in [0.05, 0.1) is 5.56 Å². The first kappa shape index (κ1) is 17.4. The van der Waals surface area contributed by atoms with Crippen LogP contribution in [-0.2, 0) is 5.41 Å². The molecule has 1 aliphatic rings. The molecular formula is C20H24FN3O. The van der Waals surface area contributed by atoms with E-state index in [4.69, 9.17) is 0 Å². The second-order valence-corrected chi connectivity index (χ2v) is 6.55. The summed E-state index contributed by atoms with van der Waals surface area (Å²) in [7, 11) is 0. The Morgan fingerprint density at radius 3 is 2.36 bits per heavy atom. The molecule has 1 amide bonds. The quantitative estimate of drug-likeness (QED) is 0.838. The highest BCUT2D eigenvalue weighted by Gasteiger charge is 2.44. The smallest absolute Gasteiger partial charge is 0.252 e. The fraction of sp³-hybridized carbons (Fsp3) is 0.400. The minimum absolute atomic E-state index is 0.0437. The van der Waals surface area contributed by atoms with Crippen LogP contribution in [0.1, 0.15) is 42.6 Å². The monoisotopic (exact) mass is 341 g/mol. The summed E-state index contributed by atoms with van der Waals surface area (Å²) >= 11 is 0. The summed E-state index contributed by atoms with van der Waals surface area (Å²) in [5.41, 5.74) is 1.60. The van der Waals surface area contributed by atoms with Gasteiger partial charge in [0, 0.05) is 31.2 Å². The SMILES string of the molecule is CCN(CC)c1ccc(C(=O)NCC2(c3ccc(F)cc3)CC2)cn1. The predicted molar refractivity (Wildman–Crippen MR) is 97.4 cm³/mol. The van der Waals surface area contributed by atoms with Crippen molar-refractivity contribution >= 4 is 11.7 Å². The number of hydrogen-bond donors (Lipinski definition) is 1. The Bertz CT molecular complexity index is 720. The van der Waals surface area contributed by atoms with Crippen molar-refractivity contribution in [2.24, 2.45) is 0 Å². The first-order valence-electron chi connectivity index (χ1n) is 8.83. The van der Waals surface area contributed by atoms with Crippen molar-refractivity contribution in [2.45, 2.75) is 32.1 Å². The van der Waals surface area contributed by atoms with E-state index in [9.17, 15) is 9.18 Å². The van der Waals surface area contributed by atoms with Crippen LogP contribution in [0.15, 0.2) is 42.6 Å². The Hall–Kier alpha value is -2.43. The van der Waals surface area contributed by atoms with E-state index in [1.165, 1.54) is 12.1 Å². The fourth-order valence-corrected chi connectivity index (χ4v) is 3.13. The highest BCUT2D eigenvalue weighted by Crippen LogP contribution is 2.47. The number of benzene rings is 1. The molecule has 0 bridgehead atoms. The lowest BCUT2D eigenvalue weighted by Crippen LogP contribution is -2.32. The summed E-state index contributed by atoms with van der Waals surface area (Å²) in [6.45, 7) is 6.49. The molecule has 0 saturated heterocycles. The maximum Gasteiger partial charge on any atom is 0.252 e. The van der Waals surface area contributed by atoms with Gasteiger partial charge in [-0.2, -0.15) is 0 Å². The van der Waals surface area contributed by atoms with Gasteiger partial charge in [-0.05, 0) is 56.5 Å². The number of nitrogens with one attached hydrogen (secondary N) is 1. The second-order valence-electron chi connectivity index (χ2n) is 6.55. The van der Waals surface area contributed by atoms with Gasteiger partial charge in [0.15, 0.2) is 0 Å². The van der Waals surface area contributed by atoms with E-state index in [2.05, 4.69) is 29.0 Å². The van der Waals surface area contributed by atoms with Crippen LogP contribution >= 0.6 is 0 Å². The van der Waals surface area contributed by atoms with E-state index in [0.29, 0.717) is 12.1 Å². The van der Waals surface area contributed by atoms with E-state index in [0.717, 1.165) is 37.3 Å². The third kappa shape index (κ3) is 3.81. The number of halogens is 1. The molecule has 1 aliphatic carbocycles. The third-order valence-electron chi connectivity index (χ3n) is 4.99. The van der Waals surface area contributed by atoms with Crippen LogP contribution in [0.5, 0.6) is 0 Å². The highest BCUT2D eigenvalue weighted by molar-refractivity contribution is 5.94. The fourth-order valence-electron chi connectivity index (χ4n) is 3.13. The van der Waals surface area contributed by atoms with Crippen molar-refractivity contribution in [1.82, 2.24) is 10.3 Å². The molecule has 1 aromatic carbocycles. The van der Waals surface area contributed by atoms with Crippen LogP contribution in [0, 0.1) is 5.82 Å². The molecule has 0 spiro atoms. The topological polar surface area (TPSA) is 45.2 Å². The number of pyridine rings is 1. The molecular weight excluding hydrogens is 317 g/mol. The van der Waals surface area contributed by atoms with Gasteiger partial charge in [-0.15, -0.1) is 0 Å². The molecule has 132 valence electrons. The molecule has 25 heavy (non-hydrogen) atoms. The van der Waals surface area contributed by atoms with Gasteiger partial charge < -0.3 is 10.2 Å². The molecule has 5 heteroatoms. The lowest BCUT2D eigenvalue weighted by molar-refractivity contribution is 0.0949. The average molecular weight is 341 g/mol. The first-order valence-corrected chi connectivity index (χ1v) is 8.83. The van der Waals surface area contributed by atoms with Gasteiger partial charge in [0.25, 0.3) is 5.91 Å². The summed E-state index contributed by atoms with van der Waals surface area (Å²) in [6.07, 6.45) is 3.65. The maximum atomic E-state index is 13.1. The van der Waals surface area contributed by atoms with E-state index in [1.54, 1.807) is 6.20 Å². The minimum Gasteiger partial charge on any atom is -0.357 e. The van der Waals surface area contributed by atoms with Gasteiger partial charge in [0.2, 0.25) is 0 Å². The first-order chi connectivity index (χ1) is 12.1. The predicted octanol–water partition coefficient (Wildman–Crippen LogP) is 3.53. The zero-order valence-electron chi connectivity index (χ0n) is 14.8. The van der Waals surface area contributed by atoms with Crippen molar-refractivity contribution in [2.75, 3.05) is 24.5 Å². The van der Waals surface area contributed by atoms with Crippen molar-refractivity contribution in [3.8, 4) is 0 Å². The molecule has 1 saturated carbocycles. The standard InChI is InChI=1S/C20H24FN3O/c1-3-24(4-2)18-10-5-15(13-22-18)19(25)23-14-20(11-12-20)16-6-8-17(21)9-7-16/h5-10,13H,3-4,11-12,14H2,1-2H3,(H,23,25). The average Bonchev–Trinajstić information content (AvgIpc) is 3.43. The summed E-state index contributed by atoms with van der Waals surface area (Å²) < 4.78 is 13.1. The molecule has 1 fully saturated rings. The molecule has 1 heterocycles. The Labute approximate surface area is 148 Å². The van der Waals surface area contributed by atoms with Gasteiger partial charge in [-0.1, -0.05) is 12.1 Å². The Balaban J connectivity index is 1.62. The normalized spacial score (nSPS) is 14.8. The molecule has 0 atom stereocenters. The molecule has 4 nitrogen and oxygen atoms in total. The van der Waals surface area contributed by atoms with E-state index in [1.807, 2.05) is 24.3 Å². The van der Waals surface area contributed by atoms with E-state index >= 15 is 0 Å². The van der Waals surface area contributed by atoms with Crippen LogP contribution in [-0.4, -0.2) is 30.5 Å². The molecule has 1 aromatic heterocycles. The molecule has 1 N–H and O–H groups in total. The van der Waals surface area contributed by atoms with Gasteiger partial charge in [-0.3, -0.25) is 4.79 Å². The third-order valence-corrected chi connectivity index (χ3v) is 4.99. The number of anilines is 1. The van der Waals surface area contributed by atoms with Crippen LogP contribution in [0.25, 0.3) is 0 Å². The van der Waals surface area contributed by atoms with Crippen LogP contribution < -0.4 is 10.2 Å². The van der Waals surface area contributed by atoms with Crippen LogP contribution in [0.3, 0.4) is 0 Å².